The van der Waals surface area contributed by atoms with Gasteiger partial charge in [0.25, 0.3) is 5.56 Å². The van der Waals surface area contributed by atoms with Crippen LogP contribution in [0.15, 0.2) is 79.2 Å². The second-order valence-electron chi connectivity index (χ2n) is 4.96. The molecule has 3 heterocycles. The highest BCUT2D eigenvalue weighted by Gasteiger charge is 2.05. The number of aryl methyl sites for hydroxylation is 1. The maximum absolute atomic E-state index is 12.3. The minimum atomic E-state index is -0.0759. The van der Waals surface area contributed by atoms with E-state index in [4.69, 9.17) is 0 Å². The lowest BCUT2D eigenvalue weighted by Crippen LogP contribution is -2.18. The summed E-state index contributed by atoms with van der Waals surface area (Å²) < 4.78 is 1.55. The number of aromatic nitrogens is 3. The Morgan fingerprint density at radius 3 is 2.23 bits per heavy atom. The molecule has 3 aromatic heterocycles. The molecule has 4 nitrogen and oxygen atoms in total. The molecule has 3 aromatic rings. The van der Waals surface area contributed by atoms with E-state index in [9.17, 15) is 4.79 Å². The minimum absolute atomic E-state index is 0.0759. The van der Waals surface area contributed by atoms with Crippen molar-refractivity contribution in [3.05, 3.63) is 90.3 Å². The molecule has 0 spiro atoms. The van der Waals surface area contributed by atoms with Crippen molar-refractivity contribution in [3.63, 3.8) is 0 Å². The smallest absolute Gasteiger partial charge is 0.264 e. The standard InChI is InChI=1S/C14H11N3O.2C3H6.C2H6/c1-10-2-6-16-13(8-10)17-7-4-11-9-15-5-3-12(11)14(17)18;2*1-3-2;1-2/h2-9H,1H3;2*3H,1H2,2H3;1-2H3. The molecule has 0 saturated carbocycles. The second kappa shape index (κ2) is 13.3. The van der Waals surface area contributed by atoms with Crippen molar-refractivity contribution >= 4 is 10.8 Å². The van der Waals surface area contributed by atoms with Crippen LogP contribution in [0.2, 0.25) is 0 Å². The van der Waals surface area contributed by atoms with Crippen LogP contribution in [0.5, 0.6) is 0 Å². The van der Waals surface area contributed by atoms with Gasteiger partial charge in [0.2, 0.25) is 0 Å². The zero-order chi connectivity index (χ0) is 19.9. The van der Waals surface area contributed by atoms with E-state index in [1.165, 1.54) is 0 Å². The van der Waals surface area contributed by atoms with E-state index < -0.39 is 0 Å². The normalized spacial score (nSPS) is 8.65. The van der Waals surface area contributed by atoms with E-state index in [1.54, 1.807) is 47.6 Å². The number of nitrogens with zero attached hydrogens (tertiary/aromatic N) is 3. The first-order chi connectivity index (χ1) is 12.6. The van der Waals surface area contributed by atoms with E-state index in [-0.39, 0.29) is 5.56 Å². The lowest BCUT2D eigenvalue weighted by atomic mass is 10.2. The van der Waals surface area contributed by atoms with Crippen LogP contribution in [0.4, 0.5) is 0 Å². The lowest BCUT2D eigenvalue weighted by molar-refractivity contribution is 0.950. The molecular formula is C22H29N3O. The summed E-state index contributed by atoms with van der Waals surface area (Å²) in [6.07, 6.45) is 10.2. The Balaban J connectivity index is 0.000000679. The first-order valence-corrected chi connectivity index (χ1v) is 8.61. The summed E-state index contributed by atoms with van der Waals surface area (Å²) >= 11 is 0. The molecule has 0 aliphatic carbocycles. The van der Waals surface area contributed by atoms with Gasteiger partial charge in [0, 0.05) is 30.2 Å². The third-order valence-electron chi connectivity index (χ3n) is 2.85. The first-order valence-electron chi connectivity index (χ1n) is 8.61. The molecular weight excluding hydrogens is 322 g/mol. The first kappa shape index (κ1) is 23.0. The Kier molecular flexibility index (Phi) is 11.8. The minimum Gasteiger partial charge on any atom is -0.268 e. The number of hydrogen-bond donors (Lipinski definition) is 0. The fraction of sp³-hybridized carbons (Fsp3) is 0.227. The number of hydrogen-bond acceptors (Lipinski definition) is 3. The van der Waals surface area contributed by atoms with E-state index in [1.807, 2.05) is 52.8 Å². The molecule has 4 heteroatoms. The molecule has 0 fully saturated rings. The molecule has 0 radical (unpaired) electrons. The maximum atomic E-state index is 12.3. The fourth-order valence-electron chi connectivity index (χ4n) is 1.92. The molecule has 0 bridgehead atoms. The molecule has 0 saturated heterocycles. The van der Waals surface area contributed by atoms with Crippen molar-refractivity contribution in [2.75, 3.05) is 0 Å². The molecule has 0 N–H and O–H groups in total. The van der Waals surface area contributed by atoms with Crippen molar-refractivity contribution in [1.29, 1.82) is 0 Å². The van der Waals surface area contributed by atoms with Gasteiger partial charge >= 0.3 is 0 Å². The van der Waals surface area contributed by atoms with Gasteiger partial charge in [0.1, 0.15) is 5.82 Å². The molecule has 138 valence electrons. The predicted molar refractivity (Wildman–Crippen MR) is 113 cm³/mol. The zero-order valence-electron chi connectivity index (χ0n) is 16.4. The van der Waals surface area contributed by atoms with Crippen molar-refractivity contribution in [2.45, 2.75) is 34.6 Å². The van der Waals surface area contributed by atoms with Crippen LogP contribution in [0.3, 0.4) is 0 Å². The average molecular weight is 351 g/mol. The third-order valence-corrected chi connectivity index (χ3v) is 2.85. The Bertz CT molecular complexity index is 860. The summed E-state index contributed by atoms with van der Waals surface area (Å²) in [6, 6.07) is 7.38. The summed E-state index contributed by atoms with van der Waals surface area (Å²) in [6.45, 7) is 16.5. The van der Waals surface area contributed by atoms with Gasteiger partial charge in [-0.05, 0) is 50.6 Å². The lowest BCUT2D eigenvalue weighted by Gasteiger charge is -2.06. The van der Waals surface area contributed by atoms with Crippen LogP contribution in [0.1, 0.15) is 33.3 Å². The van der Waals surface area contributed by atoms with Gasteiger partial charge in [-0.25, -0.2) is 4.98 Å². The summed E-state index contributed by atoms with van der Waals surface area (Å²) in [4.78, 5) is 20.6. The van der Waals surface area contributed by atoms with Crippen molar-refractivity contribution in [2.24, 2.45) is 0 Å². The largest absolute Gasteiger partial charge is 0.268 e. The van der Waals surface area contributed by atoms with Gasteiger partial charge in [0.05, 0.1) is 5.39 Å². The van der Waals surface area contributed by atoms with Crippen LogP contribution in [-0.2, 0) is 0 Å². The van der Waals surface area contributed by atoms with Gasteiger partial charge in [-0.2, -0.15) is 0 Å². The van der Waals surface area contributed by atoms with Crippen LogP contribution >= 0.6 is 0 Å². The number of fused-ring (bicyclic) bond motifs is 1. The number of allylic oxidation sites excluding steroid dienone is 2. The maximum Gasteiger partial charge on any atom is 0.264 e. The molecule has 26 heavy (non-hydrogen) atoms. The van der Waals surface area contributed by atoms with E-state index >= 15 is 0 Å². The average Bonchev–Trinajstić information content (AvgIpc) is 2.65. The molecule has 0 aliphatic rings. The Labute approximate surface area is 156 Å². The zero-order valence-corrected chi connectivity index (χ0v) is 16.4. The van der Waals surface area contributed by atoms with Gasteiger partial charge in [-0.15, -0.1) is 13.2 Å². The SMILES string of the molecule is C=CC.C=CC.CC.Cc1ccnc(-n2ccc3cnccc3c2=O)c1. The Morgan fingerprint density at radius 2 is 1.65 bits per heavy atom. The van der Waals surface area contributed by atoms with Gasteiger partial charge in [0.15, 0.2) is 0 Å². The molecule has 0 amide bonds. The van der Waals surface area contributed by atoms with Gasteiger partial charge < -0.3 is 0 Å². The number of rotatable bonds is 1. The summed E-state index contributed by atoms with van der Waals surface area (Å²) in [5.74, 6) is 0.638. The number of pyridine rings is 3. The summed E-state index contributed by atoms with van der Waals surface area (Å²) in [7, 11) is 0. The highest BCUT2D eigenvalue weighted by molar-refractivity contribution is 5.80. The van der Waals surface area contributed by atoms with Crippen molar-refractivity contribution in [1.82, 2.24) is 14.5 Å². The summed E-state index contributed by atoms with van der Waals surface area (Å²) in [5, 5.41) is 1.49. The Hall–Kier alpha value is -3.01. The van der Waals surface area contributed by atoms with Gasteiger partial charge in [-0.3, -0.25) is 14.3 Å². The van der Waals surface area contributed by atoms with E-state index in [0.717, 1.165) is 10.9 Å². The van der Waals surface area contributed by atoms with Gasteiger partial charge in [-0.1, -0.05) is 26.0 Å². The predicted octanol–water partition coefficient (Wildman–Crippen LogP) is 5.50. The monoisotopic (exact) mass is 351 g/mol. The van der Waals surface area contributed by atoms with E-state index in [2.05, 4.69) is 23.1 Å². The van der Waals surface area contributed by atoms with Crippen molar-refractivity contribution in [3.8, 4) is 5.82 Å². The fourth-order valence-corrected chi connectivity index (χ4v) is 1.92. The highest BCUT2D eigenvalue weighted by Crippen LogP contribution is 2.09. The van der Waals surface area contributed by atoms with Crippen molar-refractivity contribution < 1.29 is 0 Å². The topological polar surface area (TPSA) is 47.8 Å². The molecule has 0 unspecified atom stereocenters. The van der Waals surface area contributed by atoms with Crippen LogP contribution < -0.4 is 5.56 Å². The van der Waals surface area contributed by atoms with Crippen LogP contribution in [-0.4, -0.2) is 14.5 Å². The van der Waals surface area contributed by atoms with Crippen LogP contribution in [0, 0.1) is 6.92 Å². The van der Waals surface area contributed by atoms with E-state index in [0.29, 0.717) is 11.2 Å². The molecule has 0 aromatic carbocycles. The molecule has 0 aliphatic heterocycles. The summed E-state index contributed by atoms with van der Waals surface area (Å²) in [5.41, 5.74) is 0.995. The third kappa shape index (κ3) is 6.85. The van der Waals surface area contributed by atoms with Crippen LogP contribution in [0.25, 0.3) is 16.6 Å². The highest BCUT2D eigenvalue weighted by atomic mass is 16.1. The molecule has 0 atom stereocenters. The second-order valence-corrected chi connectivity index (χ2v) is 4.96. The molecule has 3 rings (SSSR count). The Morgan fingerprint density at radius 1 is 1.04 bits per heavy atom. The quantitative estimate of drug-likeness (QED) is 0.544.